The average Bonchev–Trinajstić information content (AvgIpc) is 3.38. The summed E-state index contributed by atoms with van der Waals surface area (Å²) in [6, 6.07) is 6.43. The Hall–Kier alpha value is -3.89. The number of carbonyl (C=O) groups excluding carboxylic acids is 2. The van der Waals surface area contributed by atoms with Gasteiger partial charge in [0, 0.05) is 32.9 Å². The van der Waals surface area contributed by atoms with Crippen molar-refractivity contribution in [2.45, 2.75) is 6.54 Å². The number of amides is 2. The predicted molar refractivity (Wildman–Crippen MR) is 106 cm³/mol. The van der Waals surface area contributed by atoms with Gasteiger partial charge >= 0.3 is 0 Å². The zero-order valence-corrected chi connectivity index (χ0v) is 16.9. The van der Waals surface area contributed by atoms with Crippen LogP contribution in [0.1, 0.15) is 10.4 Å². The van der Waals surface area contributed by atoms with Gasteiger partial charge in [-0.15, -0.1) is 5.10 Å². The van der Waals surface area contributed by atoms with Gasteiger partial charge in [-0.05, 0) is 18.2 Å². The zero-order chi connectivity index (χ0) is 21.7. The first kappa shape index (κ1) is 20.8. The third kappa shape index (κ3) is 4.74. The topological polar surface area (TPSA) is 124 Å². The van der Waals surface area contributed by atoms with Crippen molar-refractivity contribution >= 4 is 11.8 Å². The Morgan fingerprint density at radius 2 is 2.07 bits per heavy atom. The van der Waals surface area contributed by atoms with Crippen LogP contribution in [0.5, 0.6) is 5.88 Å². The van der Waals surface area contributed by atoms with Crippen molar-refractivity contribution in [1.29, 1.82) is 0 Å². The molecular weight excluding hydrogens is 392 g/mol. The number of ether oxygens (including phenoxy) is 1. The van der Waals surface area contributed by atoms with Gasteiger partial charge in [0.1, 0.15) is 11.3 Å². The number of hydrogen-bond acceptors (Lipinski definition) is 7. The molecule has 0 aromatic carbocycles. The predicted octanol–water partition coefficient (Wildman–Crippen LogP) is 0.134. The minimum atomic E-state index is -0.390. The monoisotopic (exact) mass is 414 g/mol. The minimum Gasteiger partial charge on any atom is -0.479 e. The van der Waals surface area contributed by atoms with Crippen LogP contribution in [0.2, 0.25) is 0 Å². The highest BCUT2D eigenvalue weighted by molar-refractivity contribution is 5.98. The van der Waals surface area contributed by atoms with E-state index in [-0.39, 0.29) is 48.5 Å². The molecule has 3 aromatic heterocycles. The summed E-state index contributed by atoms with van der Waals surface area (Å²) < 4.78 is 13.1. The van der Waals surface area contributed by atoms with Crippen molar-refractivity contribution in [3.05, 3.63) is 52.6 Å². The highest BCUT2D eigenvalue weighted by atomic mass is 16.5. The maximum absolute atomic E-state index is 12.5. The molecule has 0 saturated carbocycles. The van der Waals surface area contributed by atoms with Gasteiger partial charge in [-0.2, -0.15) is 5.10 Å². The molecule has 3 rings (SSSR count). The van der Waals surface area contributed by atoms with Crippen molar-refractivity contribution in [3.8, 4) is 17.3 Å². The fraction of sp³-hybridized carbons (Fsp3) is 0.316. The van der Waals surface area contributed by atoms with Gasteiger partial charge in [-0.3, -0.25) is 19.1 Å². The number of furan rings is 1. The van der Waals surface area contributed by atoms with E-state index in [0.717, 1.165) is 0 Å². The zero-order valence-electron chi connectivity index (χ0n) is 16.9. The summed E-state index contributed by atoms with van der Waals surface area (Å²) >= 11 is 0. The van der Waals surface area contributed by atoms with E-state index in [4.69, 9.17) is 9.15 Å². The second kappa shape index (κ2) is 9.07. The Morgan fingerprint density at radius 1 is 1.27 bits per heavy atom. The van der Waals surface area contributed by atoms with E-state index >= 15 is 0 Å². The number of nitrogens with one attached hydrogen (secondary N) is 1. The standard InChI is InChI=1S/C19H22N6O5/c1-23(19(28)13-11-24(2)22-18(13)29-3)12-16(26)20-8-9-25-17(27)7-6-14(21-25)15-5-4-10-30-15/h4-7,10-11H,8-9,12H2,1-3H3,(H,20,26). The summed E-state index contributed by atoms with van der Waals surface area (Å²) in [5, 5.41) is 10.9. The molecule has 0 fully saturated rings. The summed E-state index contributed by atoms with van der Waals surface area (Å²) in [5.74, 6) is -0.0292. The normalized spacial score (nSPS) is 10.6. The van der Waals surface area contributed by atoms with Gasteiger partial charge in [-0.1, -0.05) is 0 Å². The average molecular weight is 414 g/mol. The first-order valence-corrected chi connectivity index (χ1v) is 9.11. The Morgan fingerprint density at radius 3 is 2.77 bits per heavy atom. The molecule has 0 spiro atoms. The molecule has 2 amide bonds. The molecule has 0 aliphatic carbocycles. The van der Waals surface area contributed by atoms with Crippen LogP contribution >= 0.6 is 0 Å². The fourth-order valence-corrected chi connectivity index (χ4v) is 2.78. The summed E-state index contributed by atoms with van der Waals surface area (Å²) in [7, 11) is 4.60. The Bertz CT molecular complexity index is 1090. The van der Waals surface area contributed by atoms with Crippen LogP contribution in [0.4, 0.5) is 0 Å². The van der Waals surface area contributed by atoms with Gasteiger partial charge < -0.3 is 19.4 Å². The number of rotatable bonds is 8. The number of aromatic nitrogens is 4. The number of likely N-dealkylation sites (N-methyl/N-ethyl adjacent to an activating group) is 1. The highest BCUT2D eigenvalue weighted by Gasteiger charge is 2.21. The quantitative estimate of drug-likeness (QED) is 0.556. The van der Waals surface area contributed by atoms with Gasteiger partial charge in [0.25, 0.3) is 11.5 Å². The van der Waals surface area contributed by atoms with Crippen LogP contribution in [-0.4, -0.2) is 63.5 Å². The summed E-state index contributed by atoms with van der Waals surface area (Å²) in [6.07, 6.45) is 3.05. The second-order valence-electron chi connectivity index (χ2n) is 6.49. The van der Waals surface area contributed by atoms with E-state index in [1.165, 1.54) is 46.9 Å². The lowest BCUT2D eigenvalue weighted by Crippen LogP contribution is -2.40. The van der Waals surface area contributed by atoms with Crippen molar-refractivity contribution in [3.63, 3.8) is 0 Å². The number of aryl methyl sites for hydroxylation is 1. The molecule has 3 heterocycles. The summed E-state index contributed by atoms with van der Waals surface area (Å²) in [5.41, 5.74) is 0.484. The number of methoxy groups -OCH3 is 1. The van der Waals surface area contributed by atoms with Crippen LogP contribution in [0.3, 0.4) is 0 Å². The van der Waals surface area contributed by atoms with Crippen LogP contribution in [-0.2, 0) is 18.4 Å². The van der Waals surface area contributed by atoms with E-state index in [9.17, 15) is 14.4 Å². The minimum absolute atomic E-state index is 0.161. The van der Waals surface area contributed by atoms with E-state index < -0.39 is 0 Å². The molecule has 0 atom stereocenters. The first-order valence-electron chi connectivity index (χ1n) is 9.11. The second-order valence-corrected chi connectivity index (χ2v) is 6.49. The lowest BCUT2D eigenvalue weighted by molar-refractivity contribution is -0.121. The fourth-order valence-electron chi connectivity index (χ4n) is 2.78. The number of nitrogens with zero attached hydrogens (tertiary/aromatic N) is 5. The molecule has 0 aliphatic rings. The van der Waals surface area contributed by atoms with Crippen molar-refractivity contribution < 1.29 is 18.7 Å². The molecule has 11 nitrogen and oxygen atoms in total. The van der Waals surface area contributed by atoms with E-state index in [2.05, 4.69) is 15.5 Å². The van der Waals surface area contributed by atoms with Gasteiger partial charge in [0.15, 0.2) is 5.76 Å². The SMILES string of the molecule is COc1nn(C)cc1C(=O)N(C)CC(=O)NCCn1nc(-c2ccco2)ccc1=O. The largest absolute Gasteiger partial charge is 0.479 e. The van der Waals surface area contributed by atoms with E-state index in [0.29, 0.717) is 11.5 Å². The molecule has 0 saturated heterocycles. The van der Waals surface area contributed by atoms with E-state index in [1.54, 1.807) is 25.2 Å². The molecule has 0 bridgehead atoms. The molecule has 0 unspecified atom stereocenters. The van der Waals surface area contributed by atoms with Crippen LogP contribution < -0.4 is 15.6 Å². The van der Waals surface area contributed by atoms with Gasteiger partial charge in [-0.25, -0.2) is 4.68 Å². The van der Waals surface area contributed by atoms with E-state index in [1.807, 2.05) is 0 Å². The molecule has 0 aliphatic heterocycles. The molecule has 3 aromatic rings. The first-order chi connectivity index (χ1) is 14.4. The lowest BCUT2D eigenvalue weighted by Gasteiger charge is -2.16. The number of carbonyl (C=O) groups is 2. The summed E-state index contributed by atoms with van der Waals surface area (Å²) in [4.78, 5) is 38.0. The maximum atomic E-state index is 12.5. The molecule has 30 heavy (non-hydrogen) atoms. The Labute approximate surface area is 171 Å². The third-order valence-electron chi connectivity index (χ3n) is 4.23. The molecule has 1 N–H and O–H groups in total. The Balaban J connectivity index is 1.54. The van der Waals surface area contributed by atoms with Gasteiger partial charge in [0.05, 0.1) is 26.5 Å². The van der Waals surface area contributed by atoms with Crippen molar-refractivity contribution in [1.82, 2.24) is 29.8 Å². The lowest BCUT2D eigenvalue weighted by atomic mass is 10.3. The van der Waals surface area contributed by atoms with Crippen molar-refractivity contribution in [2.75, 3.05) is 27.2 Å². The third-order valence-corrected chi connectivity index (χ3v) is 4.23. The smallest absolute Gasteiger partial charge is 0.266 e. The van der Waals surface area contributed by atoms with Gasteiger partial charge in [0.2, 0.25) is 11.8 Å². The molecule has 11 heteroatoms. The van der Waals surface area contributed by atoms with Crippen LogP contribution in [0, 0.1) is 0 Å². The molecule has 0 radical (unpaired) electrons. The highest BCUT2D eigenvalue weighted by Crippen LogP contribution is 2.16. The number of hydrogen-bond donors (Lipinski definition) is 1. The van der Waals surface area contributed by atoms with Crippen LogP contribution in [0.15, 0.2) is 45.9 Å². The maximum Gasteiger partial charge on any atom is 0.266 e. The van der Waals surface area contributed by atoms with Crippen LogP contribution in [0.25, 0.3) is 11.5 Å². The summed E-state index contributed by atoms with van der Waals surface area (Å²) in [6.45, 7) is 0.185. The molecule has 158 valence electrons. The Kier molecular flexibility index (Phi) is 6.30. The molecular formula is C19H22N6O5. The van der Waals surface area contributed by atoms with Crippen molar-refractivity contribution in [2.24, 2.45) is 7.05 Å².